The molecule has 0 bridgehead atoms. The minimum absolute atomic E-state index is 0.559. The van der Waals surface area contributed by atoms with Gasteiger partial charge in [-0.25, -0.2) is 0 Å². The van der Waals surface area contributed by atoms with Crippen LogP contribution >= 0.6 is 0 Å². The van der Waals surface area contributed by atoms with Crippen molar-refractivity contribution in [1.29, 1.82) is 0 Å². The molecule has 18 heteroatoms. The van der Waals surface area contributed by atoms with E-state index in [0.29, 0.717) is 0 Å². The van der Waals surface area contributed by atoms with Gasteiger partial charge in [0.15, 0.2) is 37.0 Å². The highest BCUT2D eigenvalue weighted by molar-refractivity contribution is 5.73. The van der Waals surface area contributed by atoms with Crippen LogP contribution in [0, 0.1) is 0 Å². The van der Waals surface area contributed by atoms with Crippen LogP contribution in [0.4, 0.5) is 0 Å². The fourth-order valence-electron chi connectivity index (χ4n) is 4.59. The molecule has 2 aliphatic heterocycles. The van der Waals surface area contributed by atoms with Crippen LogP contribution in [-0.4, -0.2) is 121 Å². The molecule has 0 saturated carbocycles. The quantitative estimate of drug-likeness (QED) is 0.188. The number of hydrogen-bond acceptors (Lipinski definition) is 17. The van der Waals surface area contributed by atoms with E-state index in [1.165, 1.54) is 0 Å². The monoisotopic (exact) mass is 635 g/mol. The lowest BCUT2D eigenvalue weighted by atomic mass is 9.95. The lowest BCUT2D eigenvalue weighted by Gasteiger charge is -2.48. The summed E-state index contributed by atoms with van der Waals surface area (Å²) in [7, 11) is 0. The van der Waals surface area contributed by atoms with Crippen molar-refractivity contribution in [2.75, 3.05) is 13.2 Å². The molecule has 1 amide bonds. The Morgan fingerprint density at radius 2 is 1.00 bits per heavy atom. The van der Waals surface area contributed by atoms with E-state index in [9.17, 15) is 38.7 Å². The molecular formula is C26H37NO17. The van der Waals surface area contributed by atoms with Crippen molar-refractivity contribution in [3.05, 3.63) is 0 Å². The summed E-state index contributed by atoms with van der Waals surface area (Å²) < 4.78 is 49.2. The van der Waals surface area contributed by atoms with Crippen LogP contribution in [-0.2, 0) is 76.2 Å². The molecular weight excluding hydrogens is 598 g/mol. The second kappa shape index (κ2) is 16.3. The minimum atomic E-state index is -1.79. The molecule has 0 radical (unpaired) electrons. The number of nitrogens with one attached hydrogen (secondary N) is 1. The fraction of sp³-hybridized carbons (Fsp3) is 0.731. The summed E-state index contributed by atoms with van der Waals surface area (Å²) in [5.74, 6) is -5.68. The molecule has 0 aromatic rings. The fourth-order valence-corrected chi connectivity index (χ4v) is 4.59. The van der Waals surface area contributed by atoms with Crippen molar-refractivity contribution in [2.45, 2.75) is 110 Å². The number of aliphatic hydroxyl groups is 1. The van der Waals surface area contributed by atoms with Crippen LogP contribution in [0.15, 0.2) is 0 Å². The highest BCUT2D eigenvalue weighted by Gasteiger charge is 2.56. The van der Waals surface area contributed by atoms with Gasteiger partial charge >= 0.3 is 35.8 Å². The topological polar surface area (TPSA) is 235 Å². The summed E-state index contributed by atoms with van der Waals surface area (Å²) in [6.45, 7) is 6.33. The molecule has 0 aromatic heterocycles. The lowest BCUT2D eigenvalue weighted by Crippen LogP contribution is -2.68. The van der Waals surface area contributed by atoms with E-state index in [1.807, 2.05) is 0 Å². The van der Waals surface area contributed by atoms with Crippen LogP contribution in [0.1, 0.15) is 48.5 Å². The van der Waals surface area contributed by atoms with Gasteiger partial charge in [0, 0.05) is 48.5 Å². The number of aliphatic hydroxyl groups excluding tert-OH is 1. The largest absolute Gasteiger partial charge is 0.463 e. The van der Waals surface area contributed by atoms with Gasteiger partial charge in [-0.2, -0.15) is 0 Å². The highest BCUT2D eigenvalue weighted by atomic mass is 16.8. The van der Waals surface area contributed by atoms with Gasteiger partial charge in [-0.15, -0.1) is 0 Å². The van der Waals surface area contributed by atoms with E-state index in [0.717, 1.165) is 48.5 Å². The number of ether oxygens (including phenoxy) is 9. The third-order valence-corrected chi connectivity index (χ3v) is 6.03. The second-order valence-electron chi connectivity index (χ2n) is 9.84. The molecule has 0 aliphatic carbocycles. The molecule has 2 aliphatic rings. The minimum Gasteiger partial charge on any atom is -0.463 e. The predicted molar refractivity (Wildman–Crippen MR) is 138 cm³/mol. The van der Waals surface area contributed by atoms with E-state index >= 15 is 0 Å². The molecule has 0 aromatic carbocycles. The number of carbonyl (C=O) groups is 7. The molecule has 2 fully saturated rings. The Labute approximate surface area is 251 Å². The van der Waals surface area contributed by atoms with E-state index in [1.54, 1.807) is 0 Å². The van der Waals surface area contributed by atoms with Crippen molar-refractivity contribution >= 4 is 41.7 Å². The van der Waals surface area contributed by atoms with Gasteiger partial charge in [-0.05, 0) is 0 Å². The number of rotatable bonds is 11. The van der Waals surface area contributed by atoms with Crippen LogP contribution in [0.2, 0.25) is 0 Å². The Kier molecular flexibility index (Phi) is 13.4. The van der Waals surface area contributed by atoms with Gasteiger partial charge < -0.3 is 53.1 Å². The van der Waals surface area contributed by atoms with Crippen molar-refractivity contribution in [2.24, 2.45) is 0 Å². The summed E-state index contributed by atoms with van der Waals surface area (Å²) in [6.07, 6.45) is -14.2. The van der Waals surface area contributed by atoms with E-state index in [-0.39, 0.29) is 0 Å². The van der Waals surface area contributed by atoms with Gasteiger partial charge in [0.2, 0.25) is 5.91 Å². The third-order valence-electron chi connectivity index (χ3n) is 6.03. The van der Waals surface area contributed by atoms with Gasteiger partial charge in [-0.3, -0.25) is 33.6 Å². The first-order valence-electron chi connectivity index (χ1n) is 13.4. The Morgan fingerprint density at radius 3 is 1.45 bits per heavy atom. The van der Waals surface area contributed by atoms with Gasteiger partial charge in [0.25, 0.3) is 0 Å². The molecule has 18 nitrogen and oxygen atoms in total. The van der Waals surface area contributed by atoms with Crippen LogP contribution in [0.25, 0.3) is 0 Å². The Hall–Kier alpha value is -3.87. The summed E-state index contributed by atoms with van der Waals surface area (Å²) >= 11 is 0. The Morgan fingerprint density at radius 1 is 0.568 bits per heavy atom. The lowest BCUT2D eigenvalue weighted by molar-refractivity contribution is -0.347. The summed E-state index contributed by atoms with van der Waals surface area (Å²) in [5, 5.41) is 13.1. The normalized spacial score (nSPS) is 31.5. The van der Waals surface area contributed by atoms with E-state index < -0.39 is 116 Å². The molecule has 1 unspecified atom stereocenters. The molecule has 0 spiro atoms. The van der Waals surface area contributed by atoms with Crippen molar-refractivity contribution in [3.63, 3.8) is 0 Å². The molecule has 10 atom stereocenters. The molecule has 44 heavy (non-hydrogen) atoms. The molecule has 2 heterocycles. The first-order valence-corrected chi connectivity index (χ1v) is 13.4. The van der Waals surface area contributed by atoms with E-state index in [2.05, 4.69) is 5.32 Å². The predicted octanol–water partition coefficient (Wildman–Crippen LogP) is -1.83. The van der Waals surface area contributed by atoms with Crippen LogP contribution < -0.4 is 5.32 Å². The average molecular weight is 636 g/mol. The molecule has 2 saturated heterocycles. The first kappa shape index (κ1) is 36.3. The van der Waals surface area contributed by atoms with Gasteiger partial charge in [-0.1, -0.05) is 0 Å². The zero-order valence-electron chi connectivity index (χ0n) is 25.2. The summed E-state index contributed by atoms with van der Waals surface area (Å²) in [6, 6.07) is -1.43. The Balaban J connectivity index is 2.66. The summed E-state index contributed by atoms with van der Waals surface area (Å²) in [5.41, 5.74) is 0. The molecule has 2 rings (SSSR count). The maximum Gasteiger partial charge on any atom is 0.303 e. The standard InChI is InChI=1S/C26H37NO17/c1-10(28)27-19-22(39-14(5)32)20(17(42-25(19)35)8-36-11(2)29)44-26-24(41-16(7)34)23(40-15(6)33)21(38-13(4)31)18(43-26)9-37-12(3)30/h17-26,35H,8-9H2,1-7H3,(H,27,28)/t17-,18-,19-,20-,21-,22-,23+,24-,25?,26+/m1/s1. The highest BCUT2D eigenvalue weighted by Crippen LogP contribution is 2.34. The third kappa shape index (κ3) is 10.7. The first-order chi connectivity index (χ1) is 20.5. The van der Waals surface area contributed by atoms with Crippen LogP contribution in [0.5, 0.6) is 0 Å². The average Bonchev–Trinajstić information content (AvgIpc) is 2.87. The maximum atomic E-state index is 12.2. The smallest absolute Gasteiger partial charge is 0.303 e. The van der Waals surface area contributed by atoms with Crippen molar-refractivity contribution in [1.82, 2.24) is 5.32 Å². The summed E-state index contributed by atoms with van der Waals surface area (Å²) in [4.78, 5) is 83.6. The maximum absolute atomic E-state index is 12.2. The van der Waals surface area contributed by atoms with Gasteiger partial charge in [0.05, 0.1) is 0 Å². The number of carbonyl (C=O) groups excluding carboxylic acids is 7. The van der Waals surface area contributed by atoms with Crippen molar-refractivity contribution in [3.8, 4) is 0 Å². The van der Waals surface area contributed by atoms with Crippen molar-refractivity contribution < 1.29 is 81.3 Å². The number of hydrogen-bond donors (Lipinski definition) is 2. The zero-order valence-corrected chi connectivity index (χ0v) is 25.2. The number of esters is 6. The molecule has 2 N–H and O–H groups in total. The zero-order chi connectivity index (χ0) is 33.3. The molecule has 248 valence electrons. The number of amides is 1. The Bertz CT molecular complexity index is 1090. The van der Waals surface area contributed by atoms with E-state index in [4.69, 9.17) is 42.6 Å². The SMILES string of the molecule is CC(=O)N[C@H]1C(O)O[C@H](COC(C)=O)[C@@H](O[C@@H]2O[C@H](COC(C)=O)[C@@H](OC(C)=O)[C@H](OC(C)=O)[C@H]2OC(C)=O)[C@@H]1OC(C)=O. The van der Waals surface area contributed by atoms with Gasteiger partial charge in [0.1, 0.15) is 37.6 Å². The van der Waals surface area contributed by atoms with Crippen LogP contribution in [0.3, 0.4) is 0 Å². The second-order valence-corrected chi connectivity index (χ2v) is 9.84.